The van der Waals surface area contributed by atoms with Gasteiger partial charge < -0.3 is 15.2 Å². The molecule has 4 rings (SSSR count). The fourth-order valence-corrected chi connectivity index (χ4v) is 3.31. The Labute approximate surface area is 166 Å². The molecule has 29 heavy (non-hydrogen) atoms. The lowest BCUT2D eigenvalue weighted by atomic mass is 9.96. The van der Waals surface area contributed by atoms with Crippen LogP contribution >= 0.6 is 0 Å². The second-order valence-corrected chi connectivity index (χ2v) is 7.12. The van der Waals surface area contributed by atoms with Crippen molar-refractivity contribution in [3.05, 3.63) is 60.2 Å². The summed E-state index contributed by atoms with van der Waals surface area (Å²) < 4.78 is 29.1. The summed E-state index contributed by atoms with van der Waals surface area (Å²) in [6.07, 6.45) is 4.45. The molecule has 0 spiro atoms. The first-order valence-corrected chi connectivity index (χ1v) is 9.15. The van der Waals surface area contributed by atoms with Gasteiger partial charge in [0.1, 0.15) is 17.5 Å². The number of anilines is 2. The number of aromatic nitrogens is 3. The first-order valence-electron chi connectivity index (χ1n) is 9.15. The number of hydrogen-bond acceptors (Lipinski definition) is 4. The average molecular weight is 398 g/mol. The van der Waals surface area contributed by atoms with Crippen molar-refractivity contribution in [2.24, 2.45) is 13.0 Å². The lowest BCUT2D eigenvalue weighted by Crippen LogP contribution is -2.52. The summed E-state index contributed by atoms with van der Waals surface area (Å²) in [4.78, 5) is 22.7. The van der Waals surface area contributed by atoms with Crippen molar-refractivity contribution in [1.29, 1.82) is 0 Å². The molecule has 1 aliphatic rings. The van der Waals surface area contributed by atoms with Crippen molar-refractivity contribution in [3.8, 4) is 11.3 Å². The number of rotatable bonds is 4. The summed E-state index contributed by atoms with van der Waals surface area (Å²) in [7, 11) is 1.94. The van der Waals surface area contributed by atoms with Gasteiger partial charge in [0.15, 0.2) is 5.82 Å². The number of hydrogen-bond donors (Lipinski definition) is 2. The van der Waals surface area contributed by atoms with Crippen molar-refractivity contribution in [2.75, 3.05) is 24.1 Å². The van der Waals surface area contributed by atoms with E-state index in [-0.39, 0.29) is 28.8 Å². The molecule has 7 nitrogen and oxygen atoms in total. The van der Waals surface area contributed by atoms with Gasteiger partial charge in [-0.15, -0.1) is 0 Å². The number of urea groups is 1. The van der Waals surface area contributed by atoms with Crippen LogP contribution in [0, 0.1) is 17.6 Å². The lowest BCUT2D eigenvalue weighted by Gasteiger charge is -2.39. The highest BCUT2D eigenvalue weighted by molar-refractivity contribution is 5.92. The Morgan fingerprint density at radius 2 is 2.07 bits per heavy atom. The van der Waals surface area contributed by atoms with Crippen molar-refractivity contribution < 1.29 is 13.6 Å². The van der Waals surface area contributed by atoms with E-state index in [4.69, 9.17) is 5.73 Å². The third-order valence-electron chi connectivity index (χ3n) is 5.00. The highest BCUT2D eigenvalue weighted by atomic mass is 19.1. The number of benzene rings is 1. The van der Waals surface area contributed by atoms with E-state index in [1.165, 1.54) is 18.2 Å². The minimum Gasteiger partial charge on any atom is -0.396 e. The number of pyridine rings is 1. The molecule has 0 bridgehead atoms. The molecule has 1 aliphatic heterocycles. The van der Waals surface area contributed by atoms with Crippen LogP contribution in [0.15, 0.2) is 42.7 Å². The predicted molar refractivity (Wildman–Crippen MR) is 105 cm³/mol. The zero-order valence-electron chi connectivity index (χ0n) is 15.8. The first kappa shape index (κ1) is 18.9. The largest absolute Gasteiger partial charge is 0.396 e. The zero-order valence-corrected chi connectivity index (χ0v) is 15.8. The minimum absolute atomic E-state index is 0.126. The van der Waals surface area contributed by atoms with Crippen molar-refractivity contribution in [2.45, 2.75) is 6.42 Å². The maximum absolute atomic E-state index is 14.0. The van der Waals surface area contributed by atoms with E-state index >= 15 is 0 Å². The number of carbonyl (C=O) groups is 1. The summed E-state index contributed by atoms with van der Waals surface area (Å²) in [5, 5.41) is 2.68. The first-order chi connectivity index (χ1) is 13.9. The summed E-state index contributed by atoms with van der Waals surface area (Å²) in [6.45, 7) is 1.20. The molecule has 3 heterocycles. The molecule has 0 aliphatic carbocycles. The van der Waals surface area contributed by atoms with Gasteiger partial charge in [-0.05, 0) is 24.3 Å². The number of nitrogens with two attached hydrogens (primary N) is 1. The van der Waals surface area contributed by atoms with E-state index in [0.29, 0.717) is 19.0 Å². The summed E-state index contributed by atoms with van der Waals surface area (Å²) in [5.74, 6) is 0.0538. The van der Waals surface area contributed by atoms with E-state index < -0.39 is 11.6 Å². The van der Waals surface area contributed by atoms with Gasteiger partial charge in [-0.25, -0.2) is 23.5 Å². The third kappa shape index (κ3) is 3.89. The molecule has 3 N–H and O–H groups in total. The van der Waals surface area contributed by atoms with E-state index in [9.17, 15) is 13.6 Å². The van der Waals surface area contributed by atoms with E-state index in [2.05, 4.69) is 15.3 Å². The van der Waals surface area contributed by atoms with Gasteiger partial charge in [0.25, 0.3) is 0 Å². The number of likely N-dealkylation sites (tertiary alicyclic amines) is 1. The Morgan fingerprint density at radius 1 is 1.28 bits per heavy atom. The van der Waals surface area contributed by atoms with Crippen molar-refractivity contribution in [1.82, 2.24) is 19.4 Å². The molecule has 3 aromatic rings. The summed E-state index contributed by atoms with van der Waals surface area (Å²) >= 11 is 0. The quantitative estimate of drug-likeness (QED) is 0.707. The van der Waals surface area contributed by atoms with Crippen LogP contribution in [0.25, 0.3) is 11.3 Å². The number of imidazole rings is 1. The molecule has 150 valence electrons. The van der Waals surface area contributed by atoms with Crippen LogP contribution in [-0.4, -0.2) is 38.6 Å². The fourth-order valence-electron chi connectivity index (χ4n) is 3.31. The van der Waals surface area contributed by atoms with Gasteiger partial charge >= 0.3 is 6.03 Å². The smallest absolute Gasteiger partial charge is 0.323 e. The molecule has 2 aromatic heterocycles. The molecule has 0 radical (unpaired) electrons. The number of carbonyl (C=O) groups excluding carboxylic acids is 1. The molecule has 0 atom stereocenters. The second-order valence-electron chi connectivity index (χ2n) is 7.12. The van der Waals surface area contributed by atoms with Crippen LogP contribution in [0.3, 0.4) is 0 Å². The normalized spacial score (nSPS) is 14.0. The van der Waals surface area contributed by atoms with Crippen LogP contribution in [0.4, 0.5) is 25.1 Å². The van der Waals surface area contributed by atoms with E-state index in [0.717, 1.165) is 24.4 Å². The maximum atomic E-state index is 14.0. The number of aryl methyl sites for hydroxylation is 1. The molecular formula is C20H20F2N6O. The van der Waals surface area contributed by atoms with Crippen molar-refractivity contribution >= 4 is 17.5 Å². The molecule has 0 saturated carbocycles. The summed E-state index contributed by atoms with van der Waals surface area (Å²) in [6, 6.07) is 5.96. The molecular weight excluding hydrogens is 378 g/mol. The van der Waals surface area contributed by atoms with Gasteiger partial charge in [-0.3, -0.25) is 5.32 Å². The van der Waals surface area contributed by atoms with Crippen LogP contribution in [0.1, 0.15) is 5.82 Å². The Morgan fingerprint density at radius 3 is 2.76 bits per heavy atom. The topological polar surface area (TPSA) is 89.1 Å². The number of nitrogen functional groups attached to an aromatic ring is 1. The molecule has 1 fully saturated rings. The highest BCUT2D eigenvalue weighted by Gasteiger charge is 2.32. The maximum Gasteiger partial charge on any atom is 0.323 e. The third-order valence-corrected chi connectivity index (χ3v) is 5.00. The monoisotopic (exact) mass is 398 g/mol. The highest BCUT2D eigenvalue weighted by Crippen LogP contribution is 2.27. The number of halogens is 2. The van der Waals surface area contributed by atoms with Crippen LogP contribution in [-0.2, 0) is 13.5 Å². The standard InChI is InChI=1S/C20H20F2N6O/c1-27-7-6-24-18(27)8-12-10-28(11-12)20(29)26-19-16(23)4-5-17(25-19)14-3-2-13(21)9-15(14)22/h2-7,9,12H,8,10-11,23H2,1H3,(H,25,26,29). The second kappa shape index (κ2) is 7.50. The molecule has 0 unspecified atom stereocenters. The number of nitrogens with zero attached hydrogens (tertiary/aromatic N) is 4. The van der Waals surface area contributed by atoms with Crippen LogP contribution in [0.5, 0.6) is 0 Å². The molecule has 9 heteroatoms. The Hall–Kier alpha value is -3.49. The van der Waals surface area contributed by atoms with Gasteiger partial charge in [0.05, 0.1) is 11.4 Å². The Bertz CT molecular complexity index is 1060. The van der Waals surface area contributed by atoms with Gasteiger partial charge in [0.2, 0.25) is 0 Å². The Kier molecular flexibility index (Phi) is 4.87. The van der Waals surface area contributed by atoms with Crippen LogP contribution in [0.2, 0.25) is 0 Å². The molecule has 2 amide bonds. The Balaban J connectivity index is 1.42. The van der Waals surface area contributed by atoms with Gasteiger partial charge in [0, 0.05) is 56.5 Å². The van der Waals surface area contributed by atoms with E-state index in [1.54, 1.807) is 11.1 Å². The lowest BCUT2D eigenvalue weighted by molar-refractivity contribution is 0.129. The van der Waals surface area contributed by atoms with Crippen LogP contribution < -0.4 is 11.1 Å². The van der Waals surface area contributed by atoms with Gasteiger partial charge in [-0.1, -0.05) is 0 Å². The SMILES string of the molecule is Cn1ccnc1CC1CN(C(=O)Nc2nc(-c3ccc(F)cc3F)ccc2N)C1. The van der Waals surface area contributed by atoms with Crippen molar-refractivity contribution in [3.63, 3.8) is 0 Å². The van der Waals surface area contributed by atoms with Gasteiger partial charge in [-0.2, -0.15) is 0 Å². The molecule has 1 aromatic carbocycles. The minimum atomic E-state index is -0.737. The predicted octanol–water partition coefficient (Wildman–Crippen LogP) is 3.05. The number of nitrogens with one attached hydrogen (secondary N) is 1. The summed E-state index contributed by atoms with van der Waals surface area (Å²) in [5.41, 5.74) is 6.55. The average Bonchev–Trinajstić information content (AvgIpc) is 3.04. The fraction of sp³-hybridized carbons (Fsp3) is 0.250. The van der Waals surface area contributed by atoms with E-state index in [1.807, 2.05) is 17.8 Å². The number of amides is 2. The molecule has 1 saturated heterocycles. The zero-order chi connectivity index (χ0) is 20.5.